The lowest BCUT2D eigenvalue weighted by Crippen LogP contribution is -2.30. The van der Waals surface area contributed by atoms with E-state index >= 15 is 0 Å². The Bertz CT molecular complexity index is 409. The van der Waals surface area contributed by atoms with Crippen LogP contribution in [0, 0.1) is 0 Å². The Hall–Kier alpha value is -0.580. The van der Waals surface area contributed by atoms with Crippen molar-refractivity contribution in [1.82, 2.24) is 0 Å². The summed E-state index contributed by atoms with van der Waals surface area (Å²) in [6.45, 7) is 6.64. The second kappa shape index (κ2) is 6.04. The molecule has 1 heterocycles. The van der Waals surface area contributed by atoms with Gasteiger partial charge in [0.2, 0.25) is 0 Å². The highest BCUT2D eigenvalue weighted by Gasteiger charge is 2.17. The van der Waals surface area contributed by atoms with Crippen molar-refractivity contribution >= 4 is 21.6 Å². The molecule has 100 valence electrons. The van der Waals surface area contributed by atoms with Crippen LogP contribution in [0.3, 0.4) is 0 Å². The number of halogens is 1. The summed E-state index contributed by atoms with van der Waals surface area (Å²) in [5.74, 6) is 0. The van der Waals surface area contributed by atoms with E-state index in [4.69, 9.17) is 4.74 Å². The molecular formula is C14H20BrNO2. The van der Waals surface area contributed by atoms with Crippen LogP contribution in [-0.2, 0) is 4.74 Å². The van der Waals surface area contributed by atoms with Crippen LogP contribution in [-0.4, -0.2) is 30.9 Å². The van der Waals surface area contributed by atoms with Crippen LogP contribution in [0.1, 0.15) is 31.9 Å². The molecule has 1 saturated heterocycles. The van der Waals surface area contributed by atoms with Gasteiger partial charge >= 0.3 is 0 Å². The lowest BCUT2D eigenvalue weighted by atomic mass is 10.1. The van der Waals surface area contributed by atoms with Crippen molar-refractivity contribution in [1.29, 1.82) is 0 Å². The van der Waals surface area contributed by atoms with E-state index in [2.05, 4.69) is 33.8 Å². The molecule has 1 aliphatic rings. The number of hydrogen-bond donors (Lipinski definition) is 1. The smallest absolute Gasteiger partial charge is 0.0762 e. The molecule has 0 spiro atoms. The maximum atomic E-state index is 9.58. The normalized spacial score (nSPS) is 22.7. The number of aliphatic hydroxyl groups excluding tert-OH is 1. The lowest BCUT2D eigenvalue weighted by molar-refractivity contribution is 0.0821. The zero-order valence-electron chi connectivity index (χ0n) is 10.9. The molecule has 4 heteroatoms. The summed E-state index contributed by atoms with van der Waals surface area (Å²) in [7, 11) is 0. The van der Waals surface area contributed by atoms with Crippen molar-refractivity contribution in [3.63, 3.8) is 0 Å². The molecule has 3 nitrogen and oxygen atoms in total. The summed E-state index contributed by atoms with van der Waals surface area (Å²) >= 11 is 3.60. The van der Waals surface area contributed by atoms with Crippen molar-refractivity contribution in [3.05, 3.63) is 28.2 Å². The lowest BCUT2D eigenvalue weighted by Gasteiger charge is -2.26. The summed E-state index contributed by atoms with van der Waals surface area (Å²) in [5, 5.41) is 9.58. The number of ether oxygens (including phenoxy) is 1. The van der Waals surface area contributed by atoms with Crippen molar-refractivity contribution in [2.75, 3.05) is 24.6 Å². The maximum absolute atomic E-state index is 9.58. The fraction of sp³-hybridized carbons (Fsp3) is 0.571. The van der Waals surface area contributed by atoms with Crippen LogP contribution in [0.5, 0.6) is 0 Å². The minimum absolute atomic E-state index is 0.260. The summed E-state index contributed by atoms with van der Waals surface area (Å²) in [5.41, 5.74) is 2.11. The van der Waals surface area contributed by atoms with Crippen molar-refractivity contribution in [3.8, 4) is 0 Å². The van der Waals surface area contributed by atoms with Crippen molar-refractivity contribution < 1.29 is 9.84 Å². The molecule has 2 atom stereocenters. The summed E-state index contributed by atoms with van der Waals surface area (Å²) in [6.07, 6.45) is 0.882. The van der Waals surface area contributed by atoms with E-state index in [1.54, 1.807) is 6.92 Å². The molecule has 1 aromatic carbocycles. The Balaban J connectivity index is 2.21. The predicted octanol–water partition coefficient (Wildman–Crippen LogP) is 3.12. The number of nitrogens with zero attached hydrogens (tertiary/aromatic N) is 1. The number of benzene rings is 1. The first-order valence-electron chi connectivity index (χ1n) is 6.42. The van der Waals surface area contributed by atoms with Gasteiger partial charge in [0.1, 0.15) is 0 Å². The van der Waals surface area contributed by atoms with Gasteiger partial charge in [0.05, 0.1) is 17.9 Å². The Kier molecular flexibility index (Phi) is 4.65. The molecule has 1 aromatic rings. The topological polar surface area (TPSA) is 32.7 Å². The standard InChI is InChI=1S/C14H20BrNO2/c1-10-9-16(6-3-7-18-10)14-5-4-12(11(2)17)8-13(14)15/h4-5,8,10-11,17H,3,6-7,9H2,1-2H3. The predicted molar refractivity (Wildman–Crippen MR) is 77.0 cm³/mol. The fourth-order valence-electron chi connectivity index (χ4n) is 2.25. The highest BCUT2D eigenvalue weighted by molar-refractivity contribution is 9.10. The molecule has 0 aliphatic carbocycles. The zero-order valence-corrected chi connectivity index (χ0v) is 12.5. The number of aliphatic hydroxyl groups is 1. The van der Waals surface area contributed by atoms with Crippen LogP contribution >= 0.6 is 15.9 Å². The van der Waals surface area contributed by atoms with Gasteiger partial charge in [0, 0.05) is 24.2 Å². The third kappa shape index (κ3) is 3.25. The average molecular weight is 314 g/mol. The van der Waals surface area contributed by atoms with E-state index in [0.717, 1.165) is 36.2 Å². The largest absolute Gasteiger partial charge is 0.389 e. The van der Waals surface area contributed by atoms with Gasteiger partial charge in [-0.05, 0) is 53.9 Å². The average Bonchev–Trinajstić information content (AvgIpc) is 2.53. The monoisotopic (exact) mass is 313 g/mol. The molecule has 2 rings (SSSR count). The molecule has 0 bridgehead atoms. The minimum atomic E-state index is -0.429. The Labute approximate surface area is 117 Å². The van der Waals surface area contributed by atoms with Gasteiger partial charge in [-0.15, -0.1) is 0 Å². The Morgan fingerprint density at radius 1 is 1.50 bits per heavy atom. The van der Waals surface area contributed by atoms with Gasteiger partial charge < -0.3 is 14.7 Å². The van der Waals surface area contributed by atoms with Crippen molar-refractivity contribution in [2.24, 2.45) is 0 Å². The van der Waals surface area contributed by atoms with Gasteiger partial charge in [0.15, 0.2) is 0 Å². The summed E-state index contributed by atoms with van der Waals surface area (Å²) in [4.78, 5) is 2.34. The molecule has 18 heavy (non-hydrogen) atoms. The number of anilines is 1. The molecule has 0 amide bonds. The number of rotatable bonds is 2. The fourth-order valence-corrected chi connectivity index (χ4v) is 2.90. The van der Waals surface area contributed by atoms with Crippen LogP contribution in [0.25, 0.3) is 0 Å². The number of hydrogen-bond acceptors (Lipinski definition) is 3. The molecule has 0 aromatic heterocycles. The zero-order chi connectivity index (χ0) is 13.1. The van der Waals surface area contributed by atoms with E-state index in [0.29, 0.717) is 0 Å². The molecule has 1 N–H and O–H groups in total. The summed E-state index contributed by atoms with van der Waals surface area (Å²) in [6, 6.07) is 6.06. The second-order valence-corrected chi connectivity index (χ2v) is 5.72. The third-order valence-electron chi connectivity index (χ3n) is 3.25. The molecule has 2 unspecified atom stereocenters. The Morgan fingerprint density at radius 3 is 2.94 bits per heavy atom. The first kappa shape index (κ1) is 13.8. The van der Waals surface area contributed by atoms with Gasteiger partial charge in [-0.3, -0.25) is 0 Å². The highest BCUT2D eigenvalue weighted by Crippen LogP contribution is 2.30. The van der Waals surface area contributed by atoms with Crippen LogP contribution < -0.4 is 4.90 Å². The molecule has 0 saturated carbocycles. The molecule has 1 fully saturated rings. The van der Waals surface area contributed by atoms with Crippen molar-refractivity contribution in [2.45, 2.75) is 32.5 Å². The van der Waals surface area contributed by atoms with Gasteiger partial charge in [-0.1, -0.05) is 6.07 Å². The summed E-state index contributed by atoms with van der Waals surface area (Å²) < 4.78 is 6.70. The quantitative estimate of drug-likeness (QED) is 0.910. The second-order valence-electron chi connectivity index (χ2n) is 4.87. The van der Waals surface area contributed by atoms with Crippen LogP contribution in [0.15, 0.2) is 22.7 Å². The molecule has 0 radical (unpaired) electrons. The Morgan fingerprint density at radius 2 is 2.28 bits per heavy atom. The first-order chi connectivity index (χ1) is 8.58. The van der Waals surface area contributed by atoms with E-state index in [9.17, 15) is 5.11 Å². The molecular weight excluding hydrogens is 294 g/mol. The maximum Gasteiger partial charge on any atom is 0.0762 e. The van der Waals surface area contributed by atoms with Gasteiger partial charge in [-0.25, -0.2) is 0 Å². The minimum Gasteiger partial charge on any atom is -0.389 e. The van der Waals surface area contributed by atoms with Crippen LogP contribution in [0.2, 0.25) is 0 Å². The van der Waals surface area contributed by atoms with E-state index in [-0.39, 0.29) is 6.10 Å². The van der Waals surface area contributed by atoms with E-state index < -0.39 is 6.10 Å². The first-order valence-corrected chi connectivity index (χ1v) is 7.21. The SMILES string of the molecule is CC1CN(c2ccc(C(C)O)cc2Br)CCCO1. The molecule has 1 aliphatic heterocycles. The van der Waals surface area contributed by atoms with E-state index in [1.807, 2.05) is 12.1 Å². The van der Waals surface area contributed by atoms with E-state index in [1.165, 1.54) is 5.69 Å². The highest BCUT2D eigenvalue weighted by atomic mass is 79.9. The van der Waals surface area contributed by atoms with Gasteiger partial charge in [-0.2, -0.15) is 0 Å². The van der Waals surface area contributed by atoms with Gasteiger partial charge in [0.25, 0.3) is 0 Å². The third-order valence-corrected chi connectivity index (χ3v) is 3.88. The van der Waals surface area contributed by atoms with Crippen LogP contribution in [0.4, 0.5) is 5.69 Å².